The first-order valence-electron chi connectivity index (χ1n) is 7.94. The average molecular weight is 410 g/mol. The number of aromatic nitrogens is 1. The molecule has 3 N–H and O–H groups in total. The van der Waals surface area contributed by atoms with Crippen LogP contribution >= 0.6 is 24.8 Å². The number of hydrogen-bond acceptors (Lipinski definition) is 5. The summed E-state index contributed by atoms with van der Waals surface area (Å²) in [7, 11) is 0. The van der Waals surface area contributed by atoms with Crippen LogP contribution in [0.1, 0.15) is 16.7 Å². The van der Waals surface area contributed by atoms with Gasteiger partial charge in [-0.1, -0.05) is 0 Å². The van der Waals surface area contributed by atoms with Crippen LogP contribution in [0, 0.1) is 13.8 Å². The van der Waals surface area contributed by atoms with Crippen LogP contribution in [0.15, 0.2) is 51.9 Å². The van der Waals surface area contributed by atoms with E-state index < -0.39 is 6.04 Å². The van der Waals surface area contributed by atoms with E-state index in [0.29, 0.717) is 17.7 Å². The Morgan fingerprint density at radius 3 is 2.48 bits per heavy atom. The van der Waals surface area contributed by atoms with Crippen molar-refractivity contribution < 1.29 is 9.21 Å². The first-order valence-corrected chi connectivity index (χ1v) is 7.94. The predicted octanol–water partition coefficient (Wildman–Crippen LogP) is 3.16. The molecule has 0 saturated heterocycles. The van der Waals surface area contributed by atoms with Crippen molar-refractivity contribution in [2.24, 2.45) is 5.73 Å². The van der Waals surface area contributed by atoms with Gasteiger partial charge in [0.05, 0.1) is 6.04 Å². The molecule has 2 aromatic heterocycles. The molecule has 144 valence electrons. The molecule has 6 nitrogen and oxygen atoms in total. The van der Waals surface area contributed by atoms with Crippen molar-refractivity contribution in [2.45, 2.75) is 26.3 Å². The summed E-state index contributed by atoms with van der Waals surface area (Å²) in [5.41, 5.74) is 9.32. The number of nitrogens with two attached hydrogens (primary N) is 1. The van der Waals surface area contributed by atoms with Crippen molar-refractivity contribution in [3.05, 3.63) is 69.8 Å². The number of nitrogens with one attached hydrogen (secondary N) is 1. The van der Waals surface area contributed by atoms with Crippen LogP contribution in [0.4, 0.5) is 5.69 Å². The quantitative estimate of drug-likeness (QED) is 0.644. The molecule has 0 aliphatic heterocycles. The van der Waals surface area contributed by atoms with E-state index >= 15 is 0 Å². The molecule has 0 unspecified atom stereocenters. The molecule has 27 heavy (non-hydrogen) atoms. The van der Waals surface area contributed by atoms with Gasteiger partial charge in [-0.2, -0.15) is 0 Å². The third-order valence-corrected chi connectivity index (χ3v) is 4.10. The average Bonchev–Trinajstić information content (AvgIpc) is 2.56. The van der Waals surface area contributed by atoms with Gasteiger partial charge >= 0.3 is 5.63 Å². The standard InChI is InChI=1S/C19H19N3O3.2ClH/c1-11-8-18(23)25-17-7-12(2)16(10-14(11)17)22-19(24)15(20)9-13-3-5-21-6-4-13;;/h3-8,10,15H,9,20H2,1-2H3,(H,22,24);2*1H/t15-;;/m1../s1. The number of pyridine rings is 1. The van der Waals surface area contributed by atoms with E-state index in [9.17, 15) is 9.59 Å². The number of halogens is 2. The molecule has 2 heterocycles. The smallest absolute Gasteiger partial charge is 0.336 e. The largest absolute Gasteiger partial charge is 0.423 e. The zero-order valence-corrected chi connectivity index (χ0v) is 16.5. The van der Waals surface area contributed by atoms with E-state index in [1.165, 1.54) is 6.07 Å². The lowest BCUT2D eigenvalue weighted by Crippen LogP contribution is -2.37. The normalized spacial score (nSPS) is 11.2. The summed E-state index contributed by atoms with van der Waals surface area (Å²) in [5, 5.41) is 3.65. The van der Waals surface area contributed by atoms with Crippen molar-refractivity contribution in [3.8, 4) is 0 Å². The van der Waals surface area contributed by atoms with Crippen LogP contribution < -0.4 is 16.7 Å². The van der Waals surface area contributed by atoms with E-state index in [-0.39, 0.29) is 36.3 Å². The number of amides is 1. The molecule has 0 fully saturated rings. The molecule has 3 aromatic rings. The molecule has 1 atom stereocenters. The van der Waals surface area contributed by atoms with E-state index in [4.69, 9.17) is 10.2 Å². The molecule has 3 rings (SSSR count). The van der Waals surface area contributed by atoms with Crippen molar-refractivity contribution in [1.29, 1.82) is 0 Å². The van der Waals surface area contributed by atoms with Gasteiger partial charge in [0.2, 0.25) is 5.91 Å². The first kappa shape index (κ1) is 22.6. The second-order valence-electron chi connectivity index (χ2n) is 6.07. The number of carbonyl (C=O) groups excluding carboxylic acids is 1. The van der Waals surface area contributed by atoms with Crippen molar-refractivity contribution in [2.75, 3.05) is 5.32 Å². The lowest BCUT2D eigenvalue weighted by atomic mass is 10.1. The number of anilines is 1. The number of rotatable bonds is 4. The van der Waals surface area contributed by atoms with Gasteiger partial charge in [-0.15, -0.1) is 24.8 Å². The fourth-order valence-corrected chi connectivity index (χ4v) is 2.69. The minimum absolute atomic E-state index is 0. The summed E-state index contributed by atoms with van der Waals surface area (Å²) in [6.07, 6.45) is 3.77. The molecule has 0 bridgehead atoms. The summed E-state index contributed by atoms with van der Waals surface area (Å²) < 4.78 is 5.21. The highest BCUT2D eigenvalue weighted by atomic mass is 35.5. The molecule has 0 radical (unpaired) electrons. The van der Waals surface area contributed by atoms with Crippen LogP contribution in [0.3, 0.4) is 0 Å². The summed E-state index contributed by atoms with van der Waals surface area (Å²) in [4.78, 5) is 27.9. The highest BCUT2D eigenvalue weighted by molar-refractivity contribution is 5.98. The highest BCUT2D eigenvalue weighted by Crippen LogP contribution is 2.25. The van der Waals surface area contributed by atoms with Crippen LogP contribution in [-0.4, -0.2) is 16.9 Å². The highest BCUT2D eigenvalue weighted by Gasteiger charge is 2.16. The van der Waals surface area contributed by atoms with Crippen molar-refractivity contribution in [1.82, 2.24) is 4.98 Å². The van der Waals surface area contributed by atoms with Gasteiger partial charge in [0.25, 0.3) is 0 Å². The third-order valence-electron chi connectivity index (χ3n) is 4.10. The minimum Gasteiger partial charge on any atom is -0.423 e. The van der Waals surface area contributed by atoms with Gasteiger partial charge in [0.15, 0.2) is 0 Å². The van der Waals surface area contributed by atoms with Gasteiger partial charge in [-0.3, -0.25) is 9.78 Å². The Labute approximate surface area is 169 Å². The second kappa shape index (κ2) is 9.50. The minimum atomic E-state index is -0.674. The Kier molecular flexibility index (Phi) is 7.97. The zero-order chi connectivity index (χ0) is 18.0. The predicted molar refractivity (Wildman–Crippen MR) is 111 cm³/mol. The van der Waals surface area contributed by atoms with Gasteiger partial charge in [-0.25, -0.2) is 4.79 Å². The summed E-state index contributed by atoms with van der Waals surface area (Å²) in [6, 6.07) is 7.97. The van der Waals surface area contributed by atoms with Crippen LogP contribution in [0.5, 0.6) is 0 Å². The SMILES string of the molecule is Cc1cc2oc(=O)cc(C)c2cc1NC(=O)[C@H](N)Cc1ccncc1.Cl.Cl. The molecule has 1 aromatic carbocycles. The van der Waals surface area contributed by atoms with Gasteiger partial charge in [0.1, 0.15) is 5.58 Å². The molecule has 0 aliphatic carbocycles. The monoisotopic (exact) mass is 409 g/mol. The number of benzene rings is 1. The second-order valence-corrected chi connectivity index (χ2v) is 6.07. The van der Waals surface area contributed by atoms with Crippen LogP contribution in [0.2, 0.25) is 0 Å². The maximum Gasteiger partial charge on any atom is 0.336 e. The van der Waals surface area contributed by atoms with E-state index in [1.54, 1.807) is 24.5 Å². The fourth-order valence-electron chi connectivity index (χ4n) is 2.69. The number of aryl methyl sites for hydroxylation is 2. The molecule has 0 saturated carbocycles. The maximum absolute atomic E-state index is 12.4. The number of nitrogens with zero attached hydrogens (tertiary/aromatic N) is 1. The molecule has 0 aliphatic rings. The number of fused-ring (bicyclic) bond motifs is 1. The van der Waals surface area contributed by atoms with Crippen molar-refractivity contribution >= 4 is 47.4 Å². The van der Waals surface area contributed by atoms with E-state index in [1.807, 2.05) is 26.0 Å². The number of carbonyl (C=O) groups is 1. The molecule has 0 spiro atoms. The summed E-state index contributed by atoms with van der Waals surface area (Å²) in [5.74, 6) is -0.269. The Balaban J connectivity index is 0.00000182. The molecular weight excluding hydrogens is 389 g/mol. The van der Waals surface area contributed by atoms with Gasteiger partial charge < -0.3 is 15.5 Å². The zero-order valence-electron chi connectivity index (χ0n) is 14.9. The Bertz CT molecular complexity index is 991. The van der Waals surface area contributed by atoms with Crippen LogP contribution in [0.25, 0.3) is 11.0 Å². The van der Waals surface area contributed by atoms with Crippen LogP contribution in [-0.2, 0) is 11.2 Å². The molecule has 1 amide bonds. The maximum atomic E-state index is 12.4. The summed E-state index contributed by atoms with van der Waals surface area (Å²) >= 11 is 0. The lowest BCUT2D eigenvalue weighted by molar-refractivity contribution is -0.117. The Morgan fingerprint density at radius 1 is 1.15 bits per heavy atom. The molecular formula is C19H21Cl2N3O3. The lowest BCUT2D eigenvalue weighted by Gasteiger charge is -2.15. The van der Waals surface area contributed by atoms with Crippen molar-refractivity contribution in [3.63, 3.8) is 0 Å². The summed E-state index contributed by atoms with van der Waals surface area (Å²) in [6.45, 7) is 3.67. The topological polar surface area (TPSA) is 98.2 Å². The molecule has 8 heteroatoms. The Morgan fingerprint density at radius 2 is 1.81 bits per heavy atom. The third kappa shape index (κ3) is 5.29. The number of hydrogen-bond donors (Lipinski definition) is 2. The Hall–Kier alpha value is -2.41. The fraction of sp³-hybridized carbons (Fsp3) is 0.211. The van der Waals surface area contributed by atoms with E-state index in [0.717, 1.165) is 22.1 Å². The van der Waals surface area contributed by atoms with E-state index in [2.05, 4.69) is 10.3 Å². The van der Waals surface area contributed by atoms with Gasteiger partial charge in [-0.05, 0) is 61.2 Å². The first-order chi connectivity index (χ1) is 11.9. The van der Waals surface area contributed by atoms with Gasteiger partial charge in [0, 0.05) is 29.5 Å².